The highest BCUT2D eigenvalue weighted by Gasteiger charge is 2.05. The van der Waals surface area contributed by atoms with E-state index in [1.807, 2.05) is 30.3 Å². The van der Waals surface area contributed by atoms with Crippen molar-refractivity contribution in [2.45, 2.75) is 6.42 Å². The van der Waals surface area contributed by atoms with Gasteiger partial charge in [0, 0.05) is 18.7 Å². The lowest BCUT2D eigenvalue weighted by atomic mass is 10.2. The van der Waals surface area contributed by atoms with E-state index in [1.54, 1.807) is 0 Å². The number of benzene rings is 1. The van der Waals surface area contributed by atoms with Crippen LogP contribution in [-0.4, -0.2) is 32.1 Å². The summed E-state index contributed by atoms with van der Waals surface area (Å²) >= 11 is 1.15. The minimum atomic E-state index is -3.16. The summed E-state index contributed by atoms with van der Waals surface area (Å²) in [7, 11) is -3.16. The topological polar surface area (TPSA) is 63.2 Å². The lowest BCUT2D eigenvalue weighted by Gasteiger charge is -2.02. The van der Waals surface area contributed by atoms with E-state index in [9.17, 15) is 13.2 Å². The van der Waals surface area contributed by atoms with E-state index >= 15 is 0 Å². The van der Waals surface area contributed by atoms with Gasteiger partial charge in [0.05, 0.1) is 6.26 Å². The molecule has 6 heteroatoms. The highest BCUT2D eigenvalue weighted by Crippen LogP contribution is 2.08. The summed E-state index contributed by atoms with van der Waals surface area (Å²) in [4.78, 5) is 11.5. The molecule has 0 atom stereocenters. The van der Waals surface area contributed by atoms with Gasteiger partial charge in [0.15, 0.2) is 5.12 Å². The van der Waals surface area contributed by atoms with Crippen molar-refractivity contribution in [2.75, 3.05) is 18.6 Å². The summed E-state index contributed by atoms with van der Waals surface area (Å²) in [6.07, 6.45) is 1.48. The molecule has 0 aromatic heterocycles. The first-order valence-electron chi connectivity index (χ1n) is 5.11. The fourth-order valence-electron chi connectivity index (χ4n) is 1.21. The van der Waals surface area contributed by atoms with E-state index in [0.29, 0.717) is 12.2 Å². The van der Waals surface area contributed by atoms with Crippen LogP contribution in [0.3, 0.4) is 0 Å². The van der Waals surface area contributed by atoms with Gasteiger partial charge in [-0.3, -0.25) is 4.79 Å². The van der Waals surface area contributed by atoms with Crippen LogP contribution in [0.15, 0.2) is 30.3 Å². The number of hydrogen-bond donors (Lipinski definition) is 1. The molecule has 0 saturated carbocycles. The van der Waals surface area contributed by atoms with Crippen LogP contribution in [0.25, 0.3) is 0 Å². The van der Waals surface area contributed by atoms with Crippen molar-refractivity contribution in [1.29, 1.82) is 0 Å². The zero-order chi connectivity index (χ0) is 12.7. The van der Waals surface area contributed by atoms with Crippen LogP contribution < -0.4 is 4.72 Å². The highest BCUT2D eigenvalue weighted by atomic mass is 32.2. The Bertz CT molecular complexity index is 457. The van der Waals surface area contributed by atoms with Crippen molar-refractivity contribution in [1.82, 2.24) is 4.72 Å². The third kappa shape index (κ3) is 7.14. The summed E-state index contributed by atoms with van der Waals surface area (Å²) in [5.41, 5.74) is 0.973. The molecular weight excluding hydrogens is 258 g/mol. The summed E-state index contributed by atoms with van der Waals surface area (Å²) in [6, 6.07) is 9.47. The molecule has 4 nitrogen and oxygen atoms in total. The molecule has 0 aliphatic heterocycles. The molecule has 0 heterocycles. The minimum absolute atomic E-state index is 0.0477. The molecule has 0 amide bonds. The van der Waals surface area contributed by atoms with E-state index in [4.69, 9.17) is 0 Å². The predicted octanol–water partition coefficient (Wildman–Crippen LogP) is 1.04. The lowest BCUT2D eigenvalue weighted by molar-refractivity contribution is -0.110. The van der Waals surface area contributed by atoms with Crippen molar-refractivity contribution >= 4 is 26.9 Å². The average Bonchev–Trinajstić information content (AvgIpc) is 2.25. The molecule has 0 radical (unpaired) electrons. The largest absolute Gasteiger partial charge is 0.287 e. The maximum Gasteiger partial charge on any atom is 0.208 e. The monoisotopic (exact) mass is 273 g/mol. The molecule has 0 spiro atoms. The van der Waals surface area contributed by atoms with Crippen LogP contribution in [0.1, 0.15) is 5.56 Å². The van der Waals surface area contributed by atoms with Crippen LogP contribution in [0.5, 0.6) is 0 Å². The first-order chi connectivity index (χ1) is 7.97. The van der Waals surface area contributed by atoms with Crippen molar-refractivity contribution in [3.8, 4) is 0 Å². The fraction of sp³-hybridized carbons (Fsp3) is 0.364. The molecule has 1 aromatic rings. The first-order valence-corrected chi connectivity index (χ1v) is 7.99. The Hall–Kier alpha value is -0.850. The standard InChI is InChI=1S/C11H15NO3S2/c1-17(14,15)12-7-8-16-11(13)9-10-5-3-2-4-6-10/h2-6,12H,7-9H2,1H3. The molecule has 0 bridgehead atoms. The minimum Gasteiger partial charge on any atom is -0.287 e. The van der Waals surface area contributed by atoms with Gasteiger partial charge >= 0.3 is 0 Å². The quantitative estimate of drug-likeness (QED) is 0.787. The second-order valence-corrected chi connectivity index (χ2v) is 6.53. The Morgan fingerprint density at radius 1 is 1.29 bits per heavy atom. The van der Waals surface area contributed by atoms with Crippen molar-refractivity contribution in [3.05, 3.63) is 35.9 Å². The van der Waals surface area contributed by atoms with E-state index in [2.05, 4.69) is 4.72 Å². The van der Waals surface area contributed by atoms with Gasteiger partial charge in [-0.25, -0.2) is 13.1 Å². The number of carbonyl (C=O) groups is 1. The number of thioether (sulfide) groups is 1. The third-order valence-electron chi connectivity index (χ3n) is 1.92. The second kappa shape index (κ2) is 6.78. The smallest absolute Gasteiger partial charge is 0.208 e. The molecule has 0 saturated heterocycles. The molecule has 1 rings (SSSR count). The summed E-state index contributed by atoms with van der Waals surface area (Å²) in [6.45, 7) is 0.282. The summed E-state index contributed by atoms with van der Waals surface area (Å²) in [5, 5.41) is 0.0477. The second-order valence-electron chi connectivity index (χ2n) is 3.55. The Balaban J connectivity index is 2.23. The number of nitrogens with one attached hydrogen (secondary N) is 1. The first kappa shape index (κ1) is 14.2. The summed E-state index contributed by atoms with van der Waals surface area (Å²) in [5.74, 6) is 0.457. The van der Waals surface area contributed by atoms with Crippen molar-refractivity contribution in [3.63, 3.8) is 0 Å². The van der Waals surface area contributed by atoms with Gasteiger partial charge in [-0.2, -0.15) is 0 Å². The molecule has 0 aliphatic rings. The zero-order valence-electron chi connectivity index (χ0n) is 9.55. The van der Waals surface area contributed by atoms with Crippen LogP contribution in [0, 0.1) is 0 Å². The molecule has 94 valence electrons. The number of sulfonamides is 1. The number of carbonyl (C=O) groups excluding carboxylic acids is 1. The van der Waals surface area contributed by atoms with Crippen LogP contribution in [0.4, 0.5) is 0 Å². The summed E-state index contributed by atoms with van der Waals surface area (Å²) < 4.78 is 23.9. The maximum atomic E-state index is 11.5. The fourth-order valence-corrected chi connectivity index (χ4v) is 2.51. The van der Waals surface area contributed by atoms with Gasteiger partial charge in [0.2, 0.25) is 10.0 Å². The van der Waals surface area contributed by atoms with Crippen molar-refractivity contribution in [2.24, 2.45) is 0 Å². The van der Waals surface area contributed by atoms with Gasteiger partial charge in [-0.05, 0) is 5.56 Å². The Labute approximate surface area is 106 Å². The lowest BCUT2D eigenvalue weighted by Crippen LogP contribution is -2.24. The van der Waals surface area contributed by atoms with Gasteiger partial charge in [-0.15, -0.1) is 0 Å². The molecule has 0 unspecified atom stereocenters. The number of hydrogen-bond acceptors (Lipinski definition) is 4. The Kier molecular flexibility index (Phi) is 5.67. The SMILES string of the molecule is CS(=O)(=O)NCCSC(=O)Cc1ccccc1. The predicted molar refractivity (Wildman–Crippen MR) is 70.5 cm³/mol. The van der Waals surface area contributed by atoms with E-state index in [1.165, 1.54) is 0 Å². The van der Waals surface area contributed by atoms with Gasteiger partial charge < -0.3 is 0 Å². The zero-order valence-corrected chi connectivity index (χ0v) is 11.2. The molecule has 1 N–H and O–H groups in total. The van der Waals surface area contributed by atoms with Crippen LogP contribution in [-0.2, 0) is 21.2 Å². The highest BCUT2D eigenvalue weighted by molar-refractivity contribution is 8.13. The van der Waals surface area contributed by atoms with Gasteiger partial charge in [-0.1, -0.05) is 42.1 Å². The maximum absolute atomic E-state index is 11.5. The van der Waals surface area contributed by atoms with Gasteiger partial charge in [0.25, 0.3) is 0 Å². The normalized spacial score (nSPS) is 11.4. The molecule has 0 fully saturated rings. The molecule has 17 heavy (non-hydrogen) atoms. The van der Waals surface area contributed by atoms with Crippen LogP contribution in [0.2, 0.25) is 0 Å². The Morgan fingerprint density at radius 3 is 2.53 bits per heavy atom. The van der Waals surface area contributed by atoms with Crippen LogP contribution >= 0.6 is 11.8 Å². The van der Waals surface area contributed by atoms with Gasteiger partial charge in [0.1, 0.15) is 0 Å². The van der Waals surface area contributed by atoms with Crippen molar-refractivity contribution < 1.29 is 13.2 Å². The Morgan fingerprint density at radius 2 is 1.94 bits per heavy atom. The van der Waals surface area contributed by atoms with E-state index in [-0.39, 0.29) is 11.7 Å². The number of rotatable bonds is 6. The molecule has 1 aromatic carbocycles. The van der Waals surface area contributed by atoms with E-state index in [0.717, 1.165) is 23.6 Å². The van der Waals surface area contributed by atoms with E-state index < -0.39 is 10.0 Å². The molecular formula is C11H15NO3S2. The average molecular weight is 273 g/mol. The molecule has 0 aliphatic carbocycles. The third-order valence-corrected chi connectivity index (χ3v) is 3.52.